The molecule has 1 spiro atoms. The van der Waals surface area contributed by atoms with E-state index in [1.54, 1.807) is 6.26 Å². The van der Waals surface area contributed by atoms with Gasteiger partial charge in [-0.3, -0.25) is 0 Å². The third-order valence-corrected chi connectivity index (χ3v) is 3.52. The molecule has 0 atom stereocenters. The summed E-state index contributed by atoms with van der Waals surface area (Å²) in [5, 5.41) is 0. The number of rotatable bonds is 2. The lowest BCUT2D eigenvalue weighted by molar-refractivity contribution is -0.0609. The normalized spacial score (nSPS) is 28.0. The van der Waals surface area contributed by atoms with Crippen LogP contribution >= 0.6 is 0 Å². The second kappa shape index (κ2) is 3.12. The molecule has 2 aliphatic rings. The molecule has 0 amide bonds. The van der Waals surface area contributed by atoms with Crippen molar-refractivity contribution in [3.05, 3.63) is 12.8 Å². The van der Waals surface area contributed by atoms with E-state index < -0.39 is 0 Å². The van der Waals surface area contributed by atoms with E-state index in [9.17, 15) is 0 Å². The summed E-state index contributed by atoms with van der Waals surface area (Å²) < 4.78 is 5.37. The average Bonchev–Trinajstić information content (AvgIpc) is 2.04. The predicted molar refractivity (Wildman–Crippen MR) is 49.8 cm³/mol. The van der Waals surface area contributed by atoms with Gasteiger partial charge in [-0.1, -0.05) is 25.8 Å². The molecule has 68 valence electrons. The van der Waals surface area contributed by atoms with Gasteiger partial charge in [-0.2, -0.15) is 0 Å². The van der Waals surface area contributed by atoms with Crippen molar-refractivity contribution >= 4 is 0 Å². The van der Waals surface area contributed by atoms with Gasteiger partial charge in [0.1, 0.15) is 0 Å². The van der Waals surface area contributed by atoms with Crippen molar-refractivity contribution in [1.82, 2.24) is 0 Å². The molecule has 0 aliphatic heterocycles. The summed E-state index contributed by atoms with van der Waals surface area (Å²) in [6.45, 7) is 3.59. The predicted octanol–water partition coefficient (Wildman–Crippen LogP) is 3.26. The summed E-state index contributed by atoms with van der Waals surface area (Å²) in [5.74, 6) is 0. The van der Waals surface area contributed by atoms with Crippen LogP contribution < -0.4 is 0 Å². The van der Waals surface area contributed by atoms with Gasteiger partial charge in [0.05, 0.1) is 12.4 Å². The zero-order chi connectivity index (χ0) is 8.44. The van der Waals surface area contributed by atoms with Gasteiger partial charge in [0.2, 0.25) is 0 Å². The van der Waals surface area contributed by atoms with E-state index in [1.807, 2.05) is 0 Å². The van der Waals surface area contributed by atoms with Crippen LogP contribution in [0.15, 0.2) is 12.8 Å². The van der Waals surface area contributed by atoms with Crippen LogP contribution in [0, 0.1) is 5.41 Å². The molecular formula is C11H18O. The molecule has 2 fully saturated rings. The molecule has 0 aromatic heterocycles. The Morgan fingerprint density at radius 2 is 1.83 bits per heavy atom. The minimum atomic E-state index is 0.501. The molecule has 2 rings (SSSR count). The van der Waals surface area contributed by atoms with E-state index in [4.69, 9.17) is 4.74 Å². The van der Waals surface area contributed by atoms with Crippen molar-refractivity contribution in [3.8, 4) is 0 Å². The number of hydrogen-bond donors (Lipinski definition) is 0. The highest BCUT2D eigenvalue weighted by molar-refractivity contribution is 4.96. The first-order chi connectivity index (χ1) is 5.85. The molecule has 0 heterocycles. The van der Waals surface area contributed by atoms with Crippen molar-refractivity contribution in [2.45, 2.75) is 51.0 Å². The highest BCUT2D eigenvalue weighted by atomic mass is 16.5. The first-order valence-corrected chi connectivity index (χ1v) is 5.11. The van der Waals surface area contributed by atoms with Gasteiger partial charge in [-0.05, 0) is 31.1 Å². The SMILES string of the molecule is C=COC1CC2(CCCCC2)C1. The van der Waals surface area contributed by atoms with Crippen molar-refractivity contribution < 1.29 is 4.74 Å². The molecule has 0 N–H and O–H groups in total. The van der Waals surface area contributed by atoms with Crippen LogP contribution in [0.5, 0.6) is 0 Å². The Bertz CT molecular complexity index is 160. The van der Waals surface area contributed by atoms with Gasteiger partial charge in [0, 0.05) is 0 Å². The summed E-state index contributed by atoms with van der Waals surface area (Å²) in [6, 6.07) is 0. The highest BCUT2D eigenvalue weighted by Crippen LogP contribution is 2.52. The average molecular weight is 166 g/mol. The Labute approximate surface area is 74.8 Å². The number of ether oxygens (including phenoxy) is 1. The van der Waals surface area contributed by atoms with Gasteiger partial charge < -0.3 is 4.74 Å². The third kappa shape index (κ3) is 1.37. The lowest BCUT2D eigenvalue weighted by atomic mass is 9.59. The third-order valence-electron chi connectivity index (χ3n) is 3.52. The minimum absolute atomic E-state index is 0.501. The molecule has 2 saturated carbocycles. The van der Waals surface area contributed by atoms with Gasteiger partial charge in [0.25, 0.3) is 0 Å². The summed E-state index contributed by atoms with van der Waals surface area (Å²) in [5.41, 5.74) is 0.700. The van der Waals surface area contributed by atoms with Crippen molar-refractivity contribution in [2.24, 2.45) is 5.41 Å². The monoisotopic (exact) mass is 166 g/mol. The van der Waals surface area contributed by atoms with Gasteiger partial charge in [0.15, 0.2) is 0 Å². The molecule has 12 heavy (non-hydrogen) atoms. The van der Waals surface area contributed by atoms with Gasteiger partial charge in [-0.15, -0.1) is 0 Å². The Morgan fingerprint density at radius 1 is 1.17 bits per heavy atom. The van der Waals surface area contributed by atoms with Crippen molar-refractivity contribution in [2.75, 3.05) is 0 Å². The maximum atomic E-state index is 5.37. The lowest BCUT2D eigenvalue weighted by Crippen LogP contribution is -2.42. The minimum Gasteiger partial charge on any atom is -0.499 e. The van der Waals surface area contributed by atoms with E-state index in [-0.39, 0.29) is 0 Å². The fourth-order valence-corrected chi connectivity index (χ4v) is 2.85. The van der Waals surface area contributed by atoms with Crippen LogP contribution in [0.25, 0.3) is 0 Å². The highest BCUT2D eigenvalue weighted by Gasteiger charge is 2.45. The summed E-state index contributed by atoms with van der Waals surface area (Å²) in [6.07, 6.45) is 11.9. The summed E-state index contributed by atoms with van der Waals surface area (Å²) in [7, 11) is 0. The smallest absolute Gasteiger partial charge is 0.0988 e. The van der Waals surface area contributed by atoms with Crippen LogP contribution in [0.3, 0.4) is 0 Å². The first-order valence-electron chi connectivity index (χ1n) is 5.11. The first kappa shape index (κ1) is 8.15. The van der Waals surface area contributed by atoms with E-state index in [0.29, 0.717) is 11.5 Å². The molecule has 0 unspecified atom stereocenters. The Kier molecular flexibility index (Phi) is 2.12. The van der Waals surface area contributed by atoms with Crippen LogP contribution in [-0.2, 0) is 4.74 Å². The molecule has 0 radical (unpaired) electrons. The largest absolute Gasteiger partial charge is 0.499 e. The Hall–Kier alpha value is -0.460. The van der Waals surface area contributed by atoms with Crippen molar-refractivity contribution in [3.63, 3.8) is 0 Å². The van der Waals surface area contributed by atoms with Crippen LogP contribution in [0.4, 0.5) is 0 Å². The quantitative estimate of drug-likeness (QED) is 0.572. The van der Waals surface area contributed by atoms with E-state index in [2.05, 4.69) is 6.58 Å². The molecular weight excluding hydrogens is 148 g/mol. The summed E-state index contributed by atoms with van der Waals surface area (Å²) in [4.78, 5) is 0. The molecule has 1 heteroatoms. The number of hydrogen-bond acceptors (Lipinski definition) is 1. The van der Waals surface area contributed by atoms with E-state index in [0.717, 1.165) is 0 Å². The molecule has 0 bridgehead atoms. The molecule has 2 aliphatic carbocycles. The molecule has 0 saturated heterocycles. The fourth-order valence-electron chi connectivity index (χ4n) is 2.85. The second-order valence-corrected chi connectivity index (χ2v) is 4.39. The van der Waals surface area contributed by atoms with E-state index >= 15 is 0 Å². The Morgan fingerprint density at radius 3 is 2.42 bits per heavy atom. The lowest BCUT2D eigenvalue weighted by Gasteiger charge is -2.49. The maximum Gasteiger partial charge on any atom is 0.0988 e. The maximum absolute atomic E-state index is 5.37. The second-order valence-electron chi connectivity index (χ2n) is 4.39. The molecule has 0 aromatic rings. The van der Waals surface area contributed by atoms with Crippen LogP contribution in [0.1, 0.15) is 44.9 Å². The Balaban J connectivity index is 1.80. The van der Waals surface area contributed by atoms with E-state index in [1.165, 1.54) is 44.9 Å². The summed E-state index contributed by atoms with van der Waals surface area (Å²) >= 11 is 0. The van der Waals surface area contributed by atoms with Gasteiger partial charge in [-0.25, -0.2) is 0 Å². The zero-order valence-corrected chi connectivity index (χ0v) is 7.72. The fraction of sp³-hybridized carbons (Fsp3) is 0.818. The van der Waals surface area contributed by atoms with Crippen LogP contribution in [0.2, 0.25) is 0 Å². The molecule has 0 aromatic carbocycles. The van der Waals surface area contributed by atoms with Crippen molar-refractivity contribution in [1.29, 1.82) is 0 Å². The standard InChI is InChI=1S/C11H18O/c1-2-12-10-8-11(9-10)6-4-3-5-7-11/h2,10H,1,3-9H2. The van der Waals surface area contributed by atoms with Gasteiger partial charge >= 0.3 is 0 Å². The van der Waals surface area contributed by atoms with Crippen LogP contribution in [-0.4, -0.2) is 6.10 Å². The zero-order valence-electron chi connectivity index (χ0n) is 7.72. The topological polar surface area (TPSA) is 9.23 Å². The molecule has 1 nitrogen and oxygen atoms in total.